The van der Waals surface area contributed by atoms with Crippen molar-refractivity contribution in [2.45, 2.75) is 0 Å². The van der Waals surface area contributed by atoms with Crippen LogP contribution in [-0.2, 0) is 7.05 Å². The molecule has 4 nitrogen and oxygen atoms in total. The molecule has 84 valence electrons. The molecule has 1 saturated heterocycles. The number of anilines is 1. The summed E-state index contributed by atoms with van der Waals surface area (Å²) < 4.78 is 2.07. The highest BCUT2D eigenvalue weighted by atomic mass is 15.2. The van der Waals surface area contributed by atoms with Crippen molar-refractivity contribution in [1.29, 1.82) is 0 Å². The third-order valence-corrected chi connectivity index (χ3v) is 3.20. The van der Waals surface area contributed by atoms with Gasteiger partial charge < -0.3 is 14.8 Å². The fraction of sp³-hybridized carbons (Fsp3) is 0.417. The van der Waals surface area contributed by atoms with Gasteiger partial charge in [-0.1, -0.05) is 0 Å². The minimum absolute atomic E-state index is 1.07. The van der Waals surface area contributed by atoms with Gasteiger partial charge >= 0.3 is 0 Å². The minimum atomic E-state index is 1.07. The summed E-state index contributed by atoms with van der Waals surface area (Å²) in [5.74, 6) is 0. The summed E-state index contributed by atoms with van der Waals surface area (Å²) in [5, 5.41) is 4.63. The molecule has 4 heteroatoms. The second-order valence-corrected chi connectivity index (χ2v) is 4.23. The minimum Gasteiger partial charge on any atom is -0.368 e. The standard InChI is InChI=1S/C12H16N4/c1-15-7-3-10-11(2-4-14-12(10)15)16-8-5-13-6-9-16/h2-4,7,13H,5-6,8-9H2,1H3. The normalized spacial score (nSPS) is 16.9. The summed E-state index contributed by atoms with van der Waals surface area (Å²) in [6.45, 7) is 4.29. The van der Waals surface area contributed by atoms with E-state index in [4.69, 9.17) is 0 Å². The highest BCUT2D eigenvalue weighted by Crippen LogP contribution is 2.25. The Labute approximate surface area is 94.9 Å². The van der Waals surface area contributed by atoms with Crippen LogP contribution < -0.4 is 10.2 Å². The van der Waals surface area contributed by atoms with Crippen LogP contribution in [0.1, 0.15) is 0 Å². The Morgan fingerprint density at radius 1 is 1.25 bits per heavy atom. The Morgan fingerprint density at radius 3 is 2.88 bits per heavy atom. The van der Waals surface area contributed by atoms with Crippen molar-refractivity contribution in [3.8, 4) is 0 Å². The van der Waals surface area contributed by atoms with E-state index in [0.717, 1.165) is 31.8 Å². The lowest BCUT2D eigenvalue weighted by Gasteiger charge is -2.29. The van der Waals surface area contributed by atoms with Gasteiger partial charge in [-0.05, 0) is 12.1 Å². The van der Waals surface area contributed by atoms with Crippen LogP contribution in [0.2, 0.25) is 0 Å². The molecule has 3 rings (SSSR count). The van der Waals surface area contributed by atoms with Gasteiger partial charge in [0, 0.05) is 56.7 Å². The highest BCUT2D eigenvalue weighted by Gasteiger charge is 2.14. The molecule has 2 aromatic rings. The largest absolute Gasteiger partial charge is 0.368 e. The van der Waals surface area contributed by atoms with E-state index in [1.165, 1.54) is 11.1 Å². The topological polar surface area (TPSA) is 33.1 Å². The van der Waals surface area contributed by atoms with Gasteiger partial charge in [0.25, 0.3) is 0 Å². The number of nitrogens with zero attached hydrogens (tertiary/aromatic N) is 3. The van der Waals surface area contributed by atoms with Crippen molar-refractivity contribution in [3.05, 3.63) is 24.5 Å². The Hall–Kier alpha value is -1.55. The first kappa shape index (κ1) is 9.66. The van der Waals surface area contributed by atoms with E-state index < -0.39 is 0 Å². The third kappa shape index (κ3) is 1.46. The van der Waals surface area contributed by atoms with Crippen molar-refractivity contribution in [2.24, 2.45) is 7.05 Å². The molecule has 1 fully saturated rings. The van der Waals surface area contributed by atoms with Crippen LogP contribution in [0.5, 0.6) is 0 Å². The predicted molar refractivity (Wildman–Crippen MR) is 65.8 cm³/mol. The van der Waals surface area contributed by atoms with Crippen LogP contribution in [-0.4, -0.2) is 35.7 Å². The molecule has 0 saturated carbocycles. The lowest BCUT2D eigenvalue weighted by Crippen LogP contribution is -2.43. The first-order valence-corrected chi connectivity index (χ1v) is 5.72. The van der Waals surface area contributed by atoms with Crippen molar-refractivity contribution >= 4 is 16.7 Å². The molecule has 0 aliphatic carbocycles. The van der Waals surface area contributed by atoms with Crippen LogP contribution >= 0.6 is 0 Å². The molecule has 1 N–H and O–H groups in total. The van der Waals surface area contributed by atoms with Crippen LogP contribution in [0.3, 0.4) is 0 Å². The summed E-state index contributed by atoms with van der Waals surface area (Å²) >= 11 is 0. The monoisotopic (exact) mass is 216 g/mol. The summed E-state index contributed by atoms with van der Waals surface area (Å²) in [7, 11) is 2.04. The van der Waals surface area contributed by atoms with Crippen molar-refractivity contribution < 1.29 is 0 Å². The highest BCUT2D eigenvalue weighted by molar-refractivity contribution is 5.90. The Bertz CT molecular complexity index is 497. The summed E-state index contributed by atoms with van der Waals surface area (Å²) in [6.07, 6.45) is 3.98. The summed E-state index contributed by atoms with van der Waals surface area (Å²) in [6, 6.07) is 4.27. The zero-order chi connectivity index (χ0) is 11.0. The van der Waals surface area contributed by atoms with Crippen molar-refractivity contribution in [3.63, 3.8) is 0 Å². The first-order valence-electron chi connectivity index (χ1n) is 5.72. The quantitative estimate of drug-likeness (QED) is 0.771. The molecule has 2 aromatic heterocycles. The predicted octanol–water partition coefficient (Wildman–Crippen LogP) is 0.983. The third-order valence-electron chi connectivity index (χ3n) is 3.20. The Balaban J connectivity index is 2.08. The SMILES string of the molecule is Cn1ccc2c(N3CCNCC3)ccnc21. The average molecular weight is 216 g/mol. The molecule has 3 heterocycles. The second kappa shape index (κ2) is 3.79. The molecule has 1 aliphatic heterocycles. The summed E-state index contributed by atoms with van der Waals surface area (Å²) in [5.41, 5.74) is 2.38. The van der Waals surface area contributed by atoms with E-state index in [2.05, 4.69) is 38.1 Å². The van der Waals surface area contributed by atoms with Gasteiger partial charge in [-0.2, -0.15) is 0 Å². The molecule has 0 radical (unpaired) electrons. The molecule has 0 bridgehead atoms. The van der Waals surface area contributed by atoms with Crippen LogP contribution in [0.25, 0.3) is 11.0 Å². The van der Waals surface area contributed by atoms with E-state index in [1.807, 2.05) is 13.2 Å². The van der Waals surface area contributed by atoms with Crippen molar-refractivity contribution in [2.75, 3.05) is 31.1 Å². The average Bonchev–Trinajstić information content (AvgIpc) is 2.73. The maximum absolute atomic E-state index is 4.42. The van der Waals surface area contributed by atoms with Crippen LogP contribution in [0.15, 0.2) is 24.5 Å². The number of piperazine rings is 1. The number of aryl methyl sites for hydroxylation is 1. The van der Waals surface area contributed by atoms with Crippen LogP contribution in [0, 0.1) is 0 Å². The fourth-order valence-electron chi connectivity index (χ4n) is 2.33. The number of aromatic nitrogens is 2. The molecule has 1 aliphatic rings. The van der Waals surface area contributed by atoms with E-state index >= 15 is 0 Å². The van der Waals surface area contributed by atoms with Gasteiger partial charge in [0.15, 0.2) is 0 Å². The molecule has 0 amide bonds. The van der Waals surface area contributed by atoms with Gasteiger partial charge in [0.05, 0.1) is 0 Å². The van der Waals surface area contributed by atoms with E-state index in [-0.39, 0.29) is 0 Å². The number of pyridine rings is 1. The zero-order valence-electron chi connectivity index (χ0n) is 9.48. The number of hydrogen-bond donors (Lipinski definition) is 1. The maximum atomic E-state index is 4.42. The van der Waals surface area contributed by atoms with Crippen molar-refractivity contribution in [1.82, 2.24) is 14.9 Å². The van der Waals surface area contributed by atoms with E-state index in [1.54, 1.807) is 0 Å². The number of hydrogen-bond acceptors (Lipinski definition) is 3. The Morgan fingerprint density at radius 2 is 2.06 bits per heavy atom. The van der Waals surface area contributed by atoms with Gasteiger partial charge in [0.1, 0.15) is 5.65 Å². The molecular formula is C12H16N4. The maximum Gasteiger partial charge on any atom is 0.141 e. The molecule has 16 heavy (non-hydrogen) atoms. The molecule has 0 unspecified atom stereocenters. The van der Waals surface area contributed by atoms with E-state index in [0.29, 0.717) is 0 Å². The number of rotatable bonds is 1. The van der Waals surface area contributed by atoms with Gasteiger partial charge in [0.2, 0.25) is 0 Å². The second-order valence-electron chi connectivity index (χ2n) is 4.23. The summed E-state index contributed by atoms with van der Waals surface area (Å²) in [4.78, 5) is 6.85. The van der Waals surface area contributed by atoms with Gasteiger partial charge in [-0.3, -0.25) is 0 Å². The fourth-order valence-corrected chi connectivity index (χ4v) is 2.33. The van der Waals surface area contributed by atoms with Crippen LogP contribution in [0.4, 0.5) is 5.69 Å². The number of fused-ring (bicyclic) bond motifs is 1. The van der Waals surface area contributed by atoms with Gasteiger partial charge in [-0.25, -0.2) is 4.98 Å². The zero-order valence-corrected chi connectivity index (χ0v) is 9.48. The first-order chi connectivity index (χ1) is 7.86. The molecule has 0 spiro atoms. The smallest absolute Gasteiger partial charge is 0.141 e. The molecule has 0 aromatic carbocycles. The lowest BCUT2D eigenvalue weighted by atomic mass is 10.2. The Kier molecular flexibility index (Phi) is 2.29. The number of nitrogens with one attached hydrogen (secondary N) is 1. The van der Waals surface area contributed by atoms with E-state index in [9.17, 15) is 0 Å². The van der Waals surface area contributed by atoms with Gasteiger partial charge in [-0.15, -0.1) is 0 Å². The lowest BCUT2D eigenvalue weighted by molar-refractivity contribution is 0.590. The molecular weight excluding hydrogens is 200 g/mol. The molecule has 0 atom stereocenters.